The second-order valence-corrected chi connectivity index (χ2v) is 19.5. The number of nitrogens with one attached hydrogen (secondary N) is 1. The summed E-state index contributed by atoms with van der Waals surface area (Å²) in [7, 11) is 0. The zero-order valence-corrected chi connectivity index (χ0v) is 39.4. The number of hydrogen-bond acceptors (Lipinski definition) is 14. The van der Waals surface area contributed by atoms with Gasteiger partial charge in [0.1, 0.15) is 24.6 Å². The molecule has 21 heteroatoms. The number of thiophene rings is 2. The van der Waals surface area contributed by atoms with Crippen LogP contribution < -0.4 is 0 Å². The lowest BCUT2D eigenvalue weighted by Crippen LogP contribution is -2.29. The number of likely N-dealkylation sites (tertiary alicyclic amines) is 2. The van der Waals surface area contributed by atoms with Gasteiger partial charge in [0.15, 0.2) is 0 Å². The van der Waals surface area contributed by atoms with Crippen LogP contribution in [0.15, 0.2) is 83.5 Å². The molecule has 0 spiro atoms. The van der Waals surface area contributed by atoms with E-state index in [4.69, 9.17) is 44.3 Å². The summed E-state index contributed by atoms with van der Waals surface area (Å²) in [6, 6.07) is 12.0. The van der Waals surface area contributed by atoms with Crippen molar-refractivity contribution in [3.63, 3.8) is 0 Å². The van der Waals surface area contributed by atoms with Crippen LogP contribution in [-0.4, -0.2) is 102 Å². The van der Waals surface area contributed by atoms with E-state index >= 15 is 0 Å². The standard InChI is InChI=1S/C21H21ClN4O3S2.C17H20ClN3O2S.C4H2ClNOS/c1-2-9-29-21(28)25-8-7-14(11-25)17-10-15(3-4-16-5-6-19(22)31-16)26(24-17)20(27)18-12-30-13-23-18;1-2-9-23-17(22)21-8-7-12(11-21)15-10-13(19-20-15)3-4-14-5-6-16(18)24-14;5-4(7)3-1-8-2-6-3/h2,5-6,10,12-14H,1,3-4,7-9,11H2;2,5-6,10,12H,1,3-4,7-9,11H2,(H,19,20);1-2H. The molecule has 2 fully saturated rings. The Hall–Kier alpha value is -4.69. The fraction of sp³-hybridized carbons (Fsp3) is 0.333. The largest absolute Gasteiger partial charge is 0.445 e. The van der Waals surface area contributed by atoms with Crippen LogP contribution in [0.2, 0.25) is 8.67 Å². The van der Waals surface area contributed by atoms with E-state index in [-0.39, 0.29) is 43.1 Å². The molecule has 2 amide bonds. The number of ether oxygens (including phenoxy) is 2. The van der Waals surface area contributed by atoms with Gasteiger partial charge in [-0.3, -0.25) is 14.7 Å². The highest BCUT2D eigenvalue weighted by Crippen LogP contribution is 2.30. The third kappa shape index (κ3) is 13.9. The van der Waals surface area contributed by atoms with E-state index in [1.54, 1.807) is 55.1 Å². The number of rotatable bonds is 14. The maximum Gasteiger partial charge on any atom is 0.410 e. The molecule has 0 aliphatic carbocycles. The molecule has 2 aliphatic rings. The topological polar surface area (TPSA) is 166 Å². The molecule has 2 aliphatic heterocycles. The van der Waals surface area contributed by atoms with E-state index in [1.807, 2.05) is 24.3 Å². The Balaban J connectivity index is 0.000000182. The third-order valence-electron chi connectivity index (χ3n) is 9.84. The van der Waals surface area contributed by atoms with Gasteiger partial charge in [-0.25, -0.2) is 19.6 Å². The van der Waals surface area contributed by atoms with Crippen LogP contribution in [0.3, 0.4) is 0 Å². The number of thiazole rings is 2. The monoisotopic (exact) mass is 988 g/mol. The molecule has 6 aromatic heterocycles. The minimum Gasteiger partial charge on any atom is -0.445 e. The van der Waals surface area contributed by atoms with Gasteiger partial charge in [-0.1, -0.05) is 48.5 Å². The van der Waals surface area contributed by atoms with Crippen LogP contribution in [0, 0.1) is 0 Å². The minimum atomic E-state index is -0.494. The van der Waals surface area contributed by atoms with Crippen molar-refractivity contribution >= 4 is 103 Å². The first-order chi connectivity index (χ1) is 30.5. The molecule has 1 N–H and O–H groups in total. The molecule has 0 saturated carbocycles. The van der Waals surface area contributed by atoms with Gasteiger partial charge >= 0.3 is 12.2 Å². The first kappa shape index (κ1) is 47.8. The number of aromatic amines is 1. The molecule has 332 valence electrons. The molecule has 63 heavy (non-hydrogen) atoms. The number of amides is 2. The van der Waals surface area contributed by atoms with E-state index in [0.717, 1.165) is 68.4 Å². The molecule has 0 radical (unpaired) electrons. The van der Waals surface area contributed by atoms with Crippen LogP contribution in [0.1, 0.15) is 78.2 Å². The highest BCUT2D eigenvalue weighted by atomic mass is 35.5. The van der Waals surface area contributed by atoms with E-state index in [0.29, 0.717) is 44.0 Å². The Kier molecular flexibility index (Phi) is 18.1. The molecule has 2 saturated heterocycles. The minimum absolute atomic E-state index is 0.0516. The Morgan fingerprint density at radius 1 is 0.762 bits per heavy atom. The number of aromatic nitrogens is 6. The average Bonchev–Trinajstić information content (AvgIpc) is 4.12. The van der Waals surface area contributed by atoms with Gasteiger partial charge in [-0.05, 0) is 86.5 Å². The van der Waals surface area contributed by atoms with Crippen LogP contribution in [0.4, 0.5) is 9.59 Å². The van der Waals surface area contributed by atoms with Crippen LogP contribution >= 0.6 is 80.1 Å². The number of hydrogen-bond donors (Lipinski definition) is 1. The smallest absolute Gasteiger partial charge is 0.410 e. The van der Waals surface area contributed by atoms with Gasteiger partial charge in [0.25, 0.3) is 11.1 Å². The summed E-state index contributed by atoms with van der Waals surface area (Å²) in [6.45, 7) is 10.0. The van der Waals surface area contributed by atoms with Crippen molar-refractivity contribution < 1.29 is 28.7 Å². The number of carbonyl (C=O) groups is 4. The SMILES string of the molecule is C=CCOC(=O)N1CCC(c2cc(CCc3ccc(Cl)s3)[nH]n2)C1.C=CCOC(=O)N1CCC(c2cc(CCc3ccc(Cl)s3)n(C(=O)c3cscn3)n2)C1.O=C(Cl)c1cscn1. The molecule has 0 bridgehead atoms. The van der Waals surface area contributed by atoms with Crippen molar-refractivity contribution in [3.05, 3.63) is 136 Å². The van der Waals surface area contributed by atoms with E-state index in [1.165, 1.54) is 43.6 Å². The molecule has 8 rings (SSSR count). The van der Waals surface area contributed by atoms with Crippen LogP contribution in [0.5, 0.6) is 0 Å². The van der Waals surface area contributed by atoms with Crippen molar-refractivity contribution in [2.75, 3.05) is 39.4 Å². The average molecular weight is 990 g/mol. The maximum atomic E-state index is 13.0. The molecule has 2 atom stereocenters. The maximum absolute atomic E-state index is 13.0. The van der Waals surface area contributed by atoms with Gasteiger partial charge in [0, 0.05) is 69.9 Å². The van der Waals surface area contributed by atoms with Crippen molar-refractivity contribution in [1.29, 1.82) is 0 Å². The lowest BCUT2D eigenvalue weighted by Gasteiger charge is -2.15. The summed E-state index contributed by atoms with van der Waals surface area (Å²) < 4.78 is 13.3. The number of nitrogens with zero attached hydrogens (tertiary/aromatic N) is 7. The predicted molar refractivity (Wildman–Crippen MR) is 249 cm³/mol. The first-order valence-electron chi connectivity index (χ1n) is 19.7. The second kappa shape index (κ2) is 23.8. The number of H-pyrrole nitrogens is 1. The van der Waals surface area contributed by atoms with Crippen LogP contribution in [0.25, 0.3) is 0 Å². The van der Waals surface area contributed by atoms with Gasteiger partial charge in [-0.15, -0.1) is 45.3 Å². The summed E-state index contributed by atoms with van der Waals surface area (Å²) >= 11 is 22.9. The molecular formula is C42H43Cl3N8O6S4. The van der Waals surface area contributed by atoms with Gasteiger partial charge in [0.2, 0.25) is 0 Å². The molecule has 2 unspecified atom stereocenters. The van der Waals surface area contributed by atoms with E-state index in [9.17, 15) is 19.2 Å². The Morgan fingerprint density at radius 2 is 1.32 bits per heavy atom. The molecular weight excluding hydrogens is 947 g/mol. The fourth-order valence-corrected chi connectivity index (χ4v) is 10.1. The second-order valence-electron chi connectivity index (χ2n) is 14.1. The van der Waals surface area contributed by atoms with Crippen molar-refractivity contribution in [2.45, 2.75) is 50.4 Å². The van der Waals surface area contributed by atoms with Crippen LogP contribution in [-0.2, 0) is 35.2 Å². The highest BCUT2D eigenvalue weighted by Gasteiger charge is 2.32. The van der Waals surface area contributed by atoms with Crippen molar-refractivity contribution in [1.82, 2.24) is 39.7 Å². The molecule has 14 nitrogen and oxygen atoms in total. The van der Waals surface area contributed by atoms with Crippen molar-refractivity contribution in [3.8, 4) is 0 Å². The Morgan fingerprint density at radius 3 is 1.81 bits per heavy atom. The lowest BCUT2D eigenvalue weighted by molar-refractivity contribution is 0.0935. The zero-order valence-electron chi connectivity index (χ0n) is 33.8. The zero-order chi connectivity index (χ0) is 44.7. The normalized spacial score (nSPS) is 15.5. The summed E-state index contributed by atoms with van der Waals surface area (Å²) in [5, 5.41) is 15.0. The van der Waals surface area contributed by atoms with Crippen molar-refractivity contribution in [2.24, 2.45) is 0 Å². The summed E-state index contributed by atoms with van der Waals surface area (Å²) in [4.78, 5) is 60.8. The third-order valence-corrected chi connectivity index (χ3v) is 13.8. The van der Waals surface area contributed by atoms with E-state index < -0.39 is 5.24 Å². The lowest BCUT2D eigenvalue weighted by atomic mass is 10.0. The predicted octanol–water partition coefficient (Wildman–Crippen LogP) is 10.2. The number of aryl methyl sites for hydroxylation is 4. The molecule has 8 heterocycles. The Bertz CT molecular complexity index is 2450. The fourth-order valence-electron chi connectivity index (χ4n) is 6.71. The number of carbonyl (C=O) groups excluding carboxylic acids is 4. The quantitative estimate of drug-likeness (QED) is 0.0820. The molecule has 0 aromatic carbocycles. The Labute approximate surface area is 395 Å². The highest BCUT2D eigenvalue weighted by molar-refractivity contribution is 7.16. The van der Waals surface area contributed by atoms with Gasteiger partial charge in [-0.2, -0.15) is 14.9 Å². The summed E-state index contributed by atoms with van der Waals surface area (Å²) in [5.41, 5.74) is 7.67. The summed E-state index contributed by atoms with van der Waals surface area (Å²) in [6.07, 6.45) is 7.44. The van der Waals surface area contributed by atoms with Gasteiger partial charge in [0.05, 0.1) is 31.1 Å². The number of halogens is 3. The first-order valence-corrected chi connectivity index (χ1v) is 24.3. The van der Waals surface area contributed by atoms with Gasteiger partial charge < -0.3 is 19.3 Å². The van der Waals surface area contributed by atoms with E-state index in [2.05, 4.69) is 50.6 Å². The molecule has 6 aromatic rings. The summed E-state index contributed by atoms with van der Waals surface area (Å²) in [5.74, 6) is 0.0742.